The van der Waals surface area contributed by atoms with Crippen LogP contribution >= 0.6 is 11.6 Å². The van der Waals surface area contributed by atoms with E-state index in [0.29, 0.717) is 33.3 Å². The fourth-order valence-corrected chi connectivity index (χ4v) is 4.02. The molecule has 0 saturated heterocycles. The predicted octanol–water partition coefficient (Wildman–Crippen LogP) is 6.00. The average Bonchev–Trinajstić information content (AvgIpc) is 3.23. The summed E-state index contributed by atoms with van der Waals surface area (Å²) >= 11 is 6.23. The zero-order valence-electron chi connectivity index (χ0n) is 19.4. The van der Waals surface area contributed by atoms with E-state index < -0.39 is 18.0 Å². The number of carbonyl (C=O) groups is 2. The summed E-state index contributed by atoms with van der Waals surface area (Å²) in [4.78, 5) is 29.0. The third-order valence-electron chi connectivity index (χ3n) is 5.56. The fourth-order valence-electron chi connectivity index (χ4n) is 3.73. The molecule has 2 heterocycles. The Bertz CT molecular complexity index is 1380. The zero-order valence-corrected chi connectivity index (χ0v) is 20.2. The Labute approximate surface area is 207 Å². The molecule has 0 N–H and O–H groups in total. The van der Waals surface area contributed by atoms with Crippen molar-refractivity contribution in [3.63, 3.8) is 0 Å². The van der Waals surface area contributed by atoms with Crippen LogP contribution in [-0.2, 0) is 20.7 Å². The van der Waals surface area contributed by atoms with Gasteiger partial charge < -0.3 is 14.0 Å². The molecule has 4 aromatic rings. The Hall–Kier alpha value is -3.97. The lowest BCUT2D eigenvalue weighted by Gasteiger charge is -2.15. The molecule has 0 aliphatic rings. The van der Waals surface area contributed by atoms with Gasteiger partial charge in [0.15, 0.2) is 5.76 Å². The highest BCUT2D eigenvalue weighted by Gasteiger charge is 2.22. The molecule has 0 fully saturated rings. The van der Waals surface area contributed by atoms with Crippen molar-refractivity contribution in [3.05, 3.63) is 94.3 Å². The van der Waals surface area contributed by atoms with Gasteiger partial charge in [0.25, 0.3) is 0 Å². The highest BCUT2D eigenvalue weighted by Crippen LogP contribution is 2.31. The van der Waals surface area contributed by atoms with Crippen molar-refractivity contribution >= 4 is 23.5 Å². The van der Waals surface area contributed by atoms with E-state index in [9.17, 15) is 9.59 Å². The largest absolute Gasteiger partial charge is 0.465 e. The second kappa shape index (κ2) is 10.5. The molecule has 178 valence electrons. The molecule has 2 aromatic heterocycles. The van der Waals surface area contributed by atoms with Crippen LogP contribution in [0.2, 0.25) is 5.02 Å². The van der Waals surface area contributed by atoms with Crippen molar-refractivity contribution < 1.29 is 23.6 Å². The minimum Gasteiger partial charge on any atom is -0.465 e. The van der Waals surface area contributed by atoms with Crippen molar-refractivity contribution in [2.75, 3.05) is 7.11 Å². The van der Waals surface area contributed by atoms with Crippen LogP contribution in [-0.4, -0.2) is 29.2 Å². The molecule has 8 heteroatoms. The summed E-state index contributed by atoms with van der Waals surface area (Å²) in [5.41, 5.74) is 4.45. The predicted molar refractivity (Wildman–Crippen MR) is 131 cm³/mol. The number of hydrogen-bond donors (Lipinski definition) is 0. The maximum Gasteiger partial charge on any atom is 0.337 e. The van der Waals surface area contributed by atoms with Crippen LogP contribution in [0.4, 0.5) is 0 Å². The number of nitrogens with zero attached hydrogens (tertiary/aromatic N) is 2. The minimum absolute atomic E-state index is 0.0141. The van der Waals surface area contributed by atoms with E-state index in [1.54, 1.807) is 38.2 Å². The Kier molecular flexibility index (Phi) is 7.27. The molecular weight excluding hydrogens is 468 g/mol. The summed E-state index contributed by atoms with van der Waals surface area (Å²) in [6.07, 6.45) is 1.03. The van der Waals surface area contributed by atoms with Crippen molar-refractivity contribution in [3.8, 4) is 22.6 Å². The van der Waals surface area contributed by atoms with Crippen molar-refractivity contribution in [1.82, 2.24) is 10.1 Å². The number of aromatic nitrogens is 2. The third-order valence-corrected chi connectivity index (χ3v) is 5.90. The van der Waals surface area contributed by atoms with Crippen molar-refractivity contribution in [2.45, 2.75) is 26.4 Å². The van der Waals surface area contributed by atoms with Crippen LogP contribution in [0.15, 0.2) is 71.4 Å². The highest BCUT2D eigenvalue weighted by molar-refractivity contribution is 6.31. The zero-order chi connectivity index (χ0) is 24.9. The van der Waals surface area contributed by atoms with E-state index in [4.69, 9.17) is 25.6 Å². The molecule has 7 nitrogen and oxygen atoms in total. The van der Waals surface area contributed by atoms with Crippen LogP contribution in [0, 0.1) is 6.92 Å². The number of ether oxygens (including phenoxy) is 2. The van der Waals surface area contributed by atoms with E-state index in [0.717, 1.165) is 16.7 Å². The molecule has 0 radical (unpaired) electrons. The summed E-state index contributed by atoms with van der Waals surface area (Å²) in [6, 6.07) is 17.9. The quantitative estimate of drug-likeness (QED) is 0.293. The van der Waals surface area contributed by atoms with Crippen molar-refractivity contribution in [1.29, 1.82) is 0 Å². The molecular formula is C27H23ClN2O5. The number of methoxy groups -OCH3 is 1. The minimum atomic E-state index is -0.503. The number of pyridine rings is 1. The number of halogens is 1. The number of aryl methyl sites for hydroxylation is 1. The number of carbonyl (C=O) groups excluding carboxylic acids is 2. The third kappa shape index (κ3) is 5.41. The van der Waals surface area contributed by atoms with E-state index in [1.807, 2.05) is 42.5 Å². The van der Waals surface area contributed by atoms with Gasteiger partial charge in [0.2, 0.25) is 0 Å². The van der Waals surface area contributed by atoms with Crippen LogP contribution in [0.25, 0.3) is 22.6 Å². The molecule has 0 amide bonds. The average molecular weight is 491 g/mol. The summed E-state index contributed by atoms with van der Waals surface area (Å²) in [5, 5.41) is 4.61. The Morgan fingerprint density at radius 3 is 2.60 bits per heavy atom. The summed E-state index contributed by atoms with van der Waals surface area (Å²) < 4.78 is 16.0. The number of esters is 2. The first-order valence-electron chi connectivity index (χ1n) is 10.9. The van der Waals surface area contributed by atoms with Crippen LogP contribution in [0.3, 0.4) is 0 Å². The molecule has 0 aliphatic carbocycles. The van der Waals surface area contributed by atoms with Gasteiger partial charge >= 0.3 is 11.9 Å². The number of rotatable bonds is 7. The number of benzene rings is 2. The van der Waals surface area contributed by atoms with Crippen LogP contribution in [0.5, 0.6) is 0 Å². The molecule has 4 rings (SSSR count). The monoisotopic (exact) mass is 490 g/mol. The van der Waals surface area contributed by atoms with E-state index in [-0.39, 0.29) is 6.42 Å². The summed E-state index contributed by atoms with van der Waals surface area (Å²) in [5.74, 6) is -0.396. The van der Waals surface area contributed by atoms with Crippen molar-refractivity contribution in [2.24, 2.45) is 0 Å². The second-order valence-electron chi connectivity index (χ2n) is 7.91. The lowest BCUT2D eigenvalue weighted by molar-refractivity contribution is -0.147. The molecule has 0 aliphatic heterocycles. The Morgan fingerprint density at radius 1 is 1.06 bits per heavy atom. The fraction of sp³-hybridized carbons (Fsp3) is 0.185. The van der Waals surface area contributed by atoms with Gasteiger partial charge in [-0.25, -0.2) is 4.79 Å². The van der Waals surface area contributed by atoms with Gasteiger partial charge in [-0.1, -0.05) is 53.2 Å². The SMILES string of the molecule is COC(=O)c1ccnc(-c2cccc(-c3onc(C)c3CC(=O)OC(C)c3ccccc3Cl)c2)c1. The van der Waals surface area contributed by atoms with Gasteiger partial charge in [0.05, 0.1) is 30.5 Å². The lowest BCUT2D eigenvalue weighted by atomic mass is 10.0. The molecule has 0 bridgehead atoms. The maximum absolute atomic E-state index is 12.8. The van der Waals surface area contributed by atoms with Gasteiger partial charge in [-0.15, -0.1) is 0 Å². The van der Waals surface area contributed by atoms with E-state index >= 15 is 0 Å². The first-order chi connectivity index (χ1) is 16.9. The number of hydrogen-bond acceptors (Lipinski definition) is 7. The highest BCUT2D eigenvalue weighted by atomic mass is 35.5. The molecule has 2 aromatic carbocycles. The lowest BCUT2D eigenvalue weighted by Crippen LogP contribution is -2.12. The van der Waals surface area contributed by atoms with E-state index in [2.05, 4.69) is 10.1 Å². The molecule has 0 saturated carbocycles. The first-order valence-corrected chi connectivity index (χ1v) is 11.3. The standard InChI is InChI=1S/C27H23ClN2O5/c1-16-22(15-25(31)34-17(2)21-9-4-5-10-23(21)28)26(35-30-16)19-8-6-7-18(13-19)24-14-20(11-12-29-24)27(32)33-3/h4-14,17H,15H2,1-3H3. The molecule has 1 atom stereocenters. The summed E-state index contributed by atoms with van der Waals surface area (Å²) in [7, 11) is 1.33. The molecule has 0 spiro atoms. The van der Waals surface area contributed by atoms with Gasteiger partial charge in [-0.3, -0.25) is 9.78 Å². The first kappa shape index (κ1) is 24.2. The van der Waals surface area contributed by atoms with Gasteiger partial charge in [0.1, 0.15) is 6.10 Å². The smallest absolute Gasteiger partial charge is 0.337 e. The van der Waals surface area contributed by atoms with Crippen LogP contribution < -0.4 is 0 Å². The van der Waals surface area contributed by atoms with Gasteiger partial charge in [0, 0.05) is 33.5 Å². The van der Waals surface area contributed by atoms with Crippen LogP contribution in [0.1, 0.15) is 40.2 Å². The Morgan fingerprint density at radius 2 is 1.83 bits per heavy atom. The molecule has 35 heavy (non-hydrogen) atoms. The second-order valence-corrected chi connectivity index (χ2v) is 8.32. The van der Waals surface area contributed by atoms with Gasteiger partial charge in [-0.2, -0.15) is 0 Å². The van der Waals surface area contributed by atoms with Gasteiger partial charge in [-0.05, 0) is 38.1 Å². The normalized spacial score (nSPS) is 11.7. The summed E-state index contributed by atoms with van der Waals surface area (Å²) in [6.45, 7) is 3.55. The molecule has 1 unspecified atom stereocenters. The van der Waals surface area contributed by atoms with E-state index in [1.165, 1.54) is 7.11 Å². The maximum atomic E-state index is 12.8. The Balaban J connectivity index is 1.58. The topological polar surface area (TPSA) is 91.5 Å².